The van der Waals surface area contributed by atoms with E-state index in [-0.39, 0.29) is 24.8 Å². The van der Waals surface area contributed by atoms with E-state index in [2.05, 4.69) is 10.3 Å². The fraction of sp³-hybridized carbons (Fsp3) is 0.222. The van der Waals surface area contributed by atoms with E-state index in [1.807, 2.05) is 49.6 Å². The maximum atomic E-state index is 12.6. The molecule has 1 saturated heterocycles. The van der Waals surface area contributed by atoms with Crippen LogP contribution in [0.25, 0.3) is 6.08 Å². The van der Waals surface area contributed by atoms with Crippen molar-refractivity contribution < 1.29 is 9.59 Å². The van der Waals surface area contributed by atoms with Gasteiger partial charge >= 0.3 is 0 Å². The molecule has 2 heterocycles. The van der Waals surface area contributed by atoms with Gasteiger partial charge in [-0.05, 0) is 25.5 Å². The second-order valence-electron chi connectivity index (χ2n) is 5.84. The Bertz CT molecular complexity index is 887. The van der Waals surface area contributed by atoms with Crippen molar-refractivity contribution in [2.45, 2.75) is 20.3 Å². The number of hydrogen-bond acceptors (Lipinski definition) is 6. The molecule has 3 rings (SSSR count). The molecule has 1 N–H and O–H groups in total. The van der Waals surface area contributed by atoms with Crippen LogP contribution in [0.15, 0.2) is 34.6 Å². The first-order valence-electron chi connectivity index (χ1n) is 7.96. The van der Waals surface area contributed by atoms with E-state index in [1.165, 1.54) is 28.0 Å². The Morgan fingerprint density at radius 2 is 2.04 bits per heavy atom. The highest BCUT2D eigenvalue weighted by molar-refractivity contribution is 8.26. The van der Waals surface area contributed by atoms with Crippen LogP contribution in [-0.4, -0.2) is 32.6 Å². The first kappa shape index (κ1) is 18.8. The number of thiazole rings is 1. The van der Waals surface area contributed by atoms with E-state index in [1.54, 1.807) is 0 Å². The smallest absolute Gasteiger partial charge is 0.266 e. The summed E-state index contributed by atoms with van der Waals surface area (Å²) < 4.78 is 0.478. The minimum absolute atomic E-state index is 0.154. The lowest BCUT2D eigenvalue weighted by Gasteiger charge is -2.13. The van der Waals surface area contributed by atoms with E-state index in [0.29, 0.717) is 14.4 Å². The van der Waals surface area contributed by atoms with Gasteiger partial charge in [0.2, 0.25) is 5.91 Å². The minimum atomic E-state index is -0.184. The van der Waals surface area contributed by atoms with Gasteiger partial charge in [0.15, 0.2) is 5.13 Å². The molecule has 2 aromatic rings. The highest BCUT2D eigenvalue weighted by Crippen LogP contribution is 2.32. The number of anilines is 1. The molecule has 0 radical (unpaired) electrons. The normalized spacial score (nSPS) is 15.8. The van der Waals surface area contributed by atoms with Crippen molar-refractivity contribution in [2.75, 3.05) is 11.9 Å². The molecule has 1 aliphatic heterocycles. The Morgan fingerprint density at radius 1 is 1.31 bits per heavy atom. The van der Waals surface area contributed by atoms with Crippen molar-refractivity contribution in [2.24, 2.45) is 0 Å². The lowest BCUT2D eigenvalue weighted by atomic mass is 10.1. The van der Waals surface area contributed by atoms with E-state index in [9.17, 15) is 9.59 Å². The molecule has 5 nitrogen and oxygen atoms in total. The molecule has 26 heavy (non-hydrogen) atoms. The maximum Gasteiger partial charge on any atom is 0.266 e. The Hall–Kier alpha value is -2.03. The molecule has 1 aromatic carbocycles. The monoisotopic (exact) mass is 403 g/mol. The number of rotatable bonds is 5. The van der Waals surface area contributed by atoms with Gasteiger partial charge in [-0.2, -0.15) is 0 Å². The number of thioether (sulfide) groups is 1. The fourth-order valence-electron chi connectivity index (χ4n) is 2.31. The molecule has 1 aromatic heterocycles. The molecule has 0 bridgehead atoms. The second kappa shape index (κ2) is 8.11. The summed E-state index contributed by atoms with van der Waals surface area (Å²) in [5.74, 6) is -0.339. The fourth-order valence-corrected chi connectivity index (χ4v) is 4.33. The zero-order valence-corrected chi connectivity index (χ0v) is 16.8. The van der Waals surface area contributed by atoms with Crippen LogP contribution >= 0.6 is 35.3 Å². The Balaban J connectivity index is 1.60. The zero-order chi connectivity index (χ0) is 18.7. The largest absolute Gasteiger partial charge is 0.302 e. The molecule has 0 atom stereocenters. The first-order valence-corrected chi connectivity index (χ1v) is 10.1. The summed E-state index contributed by atoms with van der Waals surface area (Å²) in [6.07, 6.45) is 2.00. The van der Waals surface area contributed by atoms with Crippen LogP contribution in [0.2, 0.25) is 0 Å². The lowest BCUT2D eigenvalue weighted by molar-refractivity contribution is -0.122. The Kier molecular flexibility index (Phi) is 5.85. The van der Waals surface area contributed by atoms with Crippen molar-refractivity contribution in [3.05, 3.63) is 51.4 Å². The number of aryl methyl sites for hydroxylation is 2. The van der Waals surface area contributed by atoms with Gasteiger partial charge in [-0.1, -0.05) is 53.8 Å². The average molecular weight is 404 g/mol. The third-order valence-corrected chi connectivity index (χ3v) is 5.93. The molecule has 0 spiro atoms. The molecule has 8 heteroatoms. The summed E-state index contributed by atoms with van der Waals surface area (Å²) in [6, 6.07) is 7.92. The van der Waals surface area contributed by atoms with Crippen molar-refractivity contribution in [1.29, 1.82) is 0 Å². The molecule has 1 aliphatic rings. The lowest BCUT2D eigenvalue weighted by Crippen LogP contribution is -2.31. The van der Waals surface area contributed by atoms with Gasteiger partial charge in [-0.25, -0.2) is 4.98 Å². The number of carbonyl (C=O) groups excluding carboxylic acids is 2. The highest BCUT2D eigenvalue weighted by Gasteiger charge is 2.32. The number of hydrogen-bond donors (Lipinski definition) is 1. The predicted molar refractivity (Wildman–Crippen MR) is 111 cm³/mol. The van der Waals surface area contributed by atoms with Gasteiger partial charge in [0.1, 0.15) is 4.32 Å². The molecule has 0 aliphatic carbocycles. The molecule has 0 saturated carbocycles. The van der Waals surface area contributed by atoms with Gasteiger partial charge < -0.3 is 5.32 Å². The van der Waals surface area contributed by atoms with Gasteiger partial charge in [0, 0.05) is 18.3 Å². The van der Waals surface area contributed by atoms with Gasteiger partial charge in [-0.3, -0.25) is 14.5 Å². The highest BCUT2D eigenvalue weighted by atomic mass is 32.2. The quantitative estimate of drug-likeness (QED) is 0.604. The molecule has 134 valence electrons. The average Bonchev–Trinajstić information content (AvgIpc) is 3.11. The summed E-state index contributed by atoms with van der Waals surface area (Å²) in [5, 5.41) is 5.17. The van der Waals surface area contributed by atoms with E-state index < -0.39 is 0 Å². The van der Waals surface area contributed by atoms with Crippen molar-refractivity contribution in [1.82, 2.24) is 9.88 Å². The summed E-state index contributed by atoms with van der Waals surface area (Å²) in [6.45, 7) is 4.14. The van der Waals surface area contributed by atoms with Crippen LogP contribution in [-0.2, 0) is 9.59 Å². The maximum absolute atomic E-state index is 12.6. The number of carbonyl (C=O) groups is 2. The molecular weight excluding hydrogens is 386 g/mol. The third-order valence-electron chi connectivity index (χ3n) is 3.68. The number of nitrogens with zero attached hydrogens (tertiary/aromatic N) is 2. The Labute approximate surface area is 165 Å². The van der Waals surface area contributed by atoms with Crippen LogP contribution in [0.1, 0.15) is 23.2 Å². The van der Waals surface area contributed by atoms with E-state index in [0.717, 1.165) is 16.8 Å². The number of benzene rings is 1. The molecule has 0 unspecified atom stereocenters. The summed E-state index contributed by atoms with van der Waals surface area (Å²) >= 11 is 7.95. The van der Waals surface area contributed by atoms with Gasteiger partial charge in [-0.15, -0.1) is 11.3 Å². The van der Waals surface area contributed by atoms with Crippen LogP contribution in [0, 0.1) is 13.8 Å². The van der Waals surface area contributed by atoms with Crippen LogP contribution in [0.5, 0.6) is 0 Å². The van der Waals surface area contributed by atoms with Gasteiger partial charge in [0.05, 0.1) is 10.6 Å². The predicted octanol–water partition coefficient (Wildman–Crippen LogP) is 3.99. The molecule has 1 fully saturated rings. The molecule has 2 amide bonds. The van der Waals surface area contributed by atoms with Gasteiger partial charge in [0.25, 0.3) is 5.91 Å². The number of thiocarbonyl (C=S) groups is 1. The number of nitrogens with one attached hydrogen (secondary N) is 1. The second-order valence-corrected chi connectivity index (χ2v) is 8.37. The number of amides is 2. The van der Waals surface area contributed by atoms with E-state index in [4.69, 9.17) is 12.2 Å². The summed E-state index contributed by atoms with van der Waals surface area (Å²) in [7, 11) is 0. The summed E-state index contributed by atoms with van der Waals surface area (Å²) in [5.41, 5.74) is 2.98. The topological polar surface area (TPSA) is 62.3 Å². The number of aromatic nitrogens is 1. The standard InChI is InChI=1S/C18H17N3O2S3/c1-11-3-5-13(6-4-11)9-14-16(23)21(18(24)26-14)8-7-15(22)20-17-19-12(2)10-25-17/h3-6,9-10H,7-8H2,1-2H3,(H,19,20,22)/b14-9+. The van der Waals surface area contributed by atoms with Crippen molar-refractivity contribution in [3.8, 4) is 0 Å². The van der Waals surface area contributed by atoms with E-state index >= 15 is 0 Å². The van der Waals surface area contributed by atoms with Crippen LogP contribution in [0.4, 0.5) is 5.13 Å². The zero-order valence-electron chi connectivity index (χ0n) is 14.3. The SMILES string of the molecule is Cc1ccc(/C=C2/SC(=S)N(CCC(=O)Nc3nc(C)cs3)C2=O)cc1. The minimum Gasteiger partial charge on any atom is -0.302 e. The molecular formula is C18H17N3O2S3. The van der Waals surface area contributed by atoms with Crippen LogP contribution in [0.3, 0.4) is 0 Å². The first-order chi connectivity index (χ1) is 12.4. The van der Waals surface area contributed by atoms with Crippen LogP contribution < -0.4 is 5.32 Å². The Morgan fingerprint density at radius 3 is 2.69 bits per heavy atom. The van der Waals surface area contributed by atoms with Crippen molar-refractivity contribution in [3.63, 3.8) is 0 Å². The third kappa shape index (κ3) is 4.57. The summed E-state index contributed by atoms with van der Waals surface area (Å²) in [4.78, 5) is 30.9. The van der Waals surface area contributed by atoms with Crippen molar-refractivity contribution >= 4 is 62.7 Å².